The fraction of sp³-hybridized carbons (Fsp3) is 0.300. The van der Waals surface area contributed by atoms with Crippen LogP contribution in [0.3, 0.4) is 0 Å². The van der Waals surface area contributed by atoms with Gasteiger partial charge in [0.05, 0.1) is 0 Å². The van der Waals surface area contributed by atoms with Crippen LogP contribution in [0, 0.1) is 6.92 Å². The lowest BCUT2D eigenvalue weighted by atomic mass is 9.99. The topological polar surface area (TPSA) is 77.8 Å². The van der Waals surface area contributed by atoms with Crippen molar-refractivity contribution in [3.63, 3.8) is 0 Å². The molecule has 1 aromatic carbocycles. The molecule has 15 heavy (non-hydrogen) atoms. The number of rotatable bonds is 3. The molecule has 2 unspecified atom stereocenters. The fourth-order valence-electron chi connectivity index (χ4n) is 1.31. The number of carboxylic acid groups (broad SMARTS) is 1. The van der Waals surface area contributed by atoms with Crippen molar-refractivity contribution in [1.29, 1.82) is 0 Å². The van der Waals surface area contributed by atoms with Gasteiger partial charge in [0.25, 0.3) is 0 Å². The van der Waals surface area contributed by atoms with Gasteiger partial charge in [0.2, 0.25) is 0 Å². The quantitative estimate of drug-likeness (QED) is 0.727. The molecule has 0 radical (unpaired) electrons. The van der Waals surface area contributed by atoms with Crippen LogP contribution >= 0.6 is 11.6 Å². The van der Waals surface area contributed by atoms with E-state index in [-0.39, 0.29) is 10.6 Å². The number of aliphatic carboxylic acids is 1. The first kappa shape index (κ1) is 12.0. The van der Waals surface area contributed by atoms with E-state index in [4.69, 9.17) is 16.7 Å². The predicted octanol–water partition coefficient (Wildman–Crippen LogP) is 1.13. The number of hydrogen-bond acceptors (Lipinski definition) is 3. The molecule has 4 nitrogen and oxygen atoms in total. The highest BCUT2D eigenvalue weighted by Gasteiger charge is 2.27. The summed E-state index contributed by atoms with van der Waals surface area (Å²) >= 11 is 5.81. The molecule has 0 saturated carbocycles. The first-order chi connectivity index (χ1) is 6.95. The van der Waals surface area contributed by atoms with Gasteiger partial charge in [-0.15, -0.1) is 0 Å². The Kier molecular flexibility index (Phi) is 3.68. The molecule has 0 heterocycles. The molecular formula is C10H11ClO4. The molecule has 1 aromatic rings. The lowest BCUT2D eigenvalue weighted by Crippen LogP contribution is -2.28. The molecule has 2 atom stereocenters. The zero-order chi connectivity index (χ0) is 11.6. The van der Waals surface area contributed by atoms with Crippen LogP contribution in [0.2, 0.25) is 5.02 Å². The van der Waals surface area contributed by atoms with Crippen molar-refractivity contribution in [2.45, 2.75) is 19.1 Å². The molecule has 0 fully saturated rings. The third-order valence-corrected chi connectivity index (χ3v) is 2.45. The molecule has 0 amide bonds. The van der Waals surface area contributed by atoms with Crippen molar-refractivity contribution in [1.82, 2.24) is 0 Å². The van der Waals surface area contributed by atoms with Crippen LogP contribution in [0.4, 0.5) is 0 Å². The number of carboxylic acids is 1. The highest BCUT2D eigenvalue weighted by Crippen LogP contribution is 2.28. The molecule has 3 N–H and O–H groups in total. The molecule has 0 aliphatic heterocycles. The number of aliphatic hydroxyl groups is 2. The molecular weight excluding hydrogens is 220 g/mol. The van der Waals surface area contributed by atoms with Crippen LogP contribution in [-0.4, -0.2) is 27.4 Å². The maximum absolute atomic E-state index is 10.5. The third kappa shape index (κ3) is 2.47. The Morgan fingerprint density at radius 3 is 2.47 bits per heavy atom. The predicted molar refractivity (Wildman–Crippen MR) is 54.8 cm³/mol. The van der Waals surface area contributed by atoms with E-state index < -0.39 is 18.2 Å². The second-order valence-electron chi connectivity index (χ2n) is 3.20. The Morgan fingerprint density at radius 1 is 1.40 bits per heavy atom. The van der Waals surface area contributed by atoms with Gasteiger partial charge >= 0.3 is 5.97 Å². The minimum absolute atomic E-state index is 0.239. The molecule has 1 rings (SSSR count). The van der Waals surface area contributed by atoms with E-state index in [1.54, 1.807) is 19.1 Å². The second kappa shape index (κ2) is 4.61. The zero-order valence-corrected chi connectivity index (χ0v) is 8.77. The average Bonchev–Trinajstić information content (AvgIpc) is 2.15. The van der Waals surface area contributed by atoms with Gasteiger partial charge in [0.1, 0.15) is 6.10 Å². The van der Waals surface area contributed by atoms with E-state index in [0.29, 0.717) is 5.56 Å². The van der Waals surface area contributed by atoms with Gasteiger partial charge in [-0.05, 0) is 18.6 Å². The van der Waals surface area contributed by atoms with Crippen LogP contribution in [0.15, 0.2) is 18.2 Å². The zero-order valence-electron chi connectivity index (χ0n) is 8.01. The first-order valence-electron chi connectivity index (χ1n) is 4.29. The summed E-state index contributed by atoms with van der Waals surface area (Å²) in [5, 5.41) is 27.6. The summed E-state index contributed by atoms with van der Waals surface area (Å²) in [6, 6.07) is 4.89. The summed E-state index contributed by atoms with van der Waals surface area (Å²) in [6.07, 6.45) is -3.39. The first-order valence-corrected chi connectivity index (χ1v) is 4.67. The Balaban J connectivity index is 3.10. The van der Waals surface area contributed by atoms with E-state index in [0.717, 1.165) is 0 Å². The van der Waals surface area contributed by atoms with Crippen molar-refractivity contribution >= 4 is 17.6 Å². The monoisotopic (exact) mass is 230 g/mol. The van der Waals surface area contributed by atoms with Gasteiger partial charge in [-0.2, -0.15) is 0 Å². The van der Waals surface area contributed by atoms with E-state index >= 15 is 0 Å². The summed E-state index contributed by atoms with van der Waals surface area (Å²) in [7, 11) is 0. The number of halogens is 1. The molecule has 82 valence electrons. The molecule has 0 aromatic heterocycles. The van der Waals surface area contributed by atoms with E-state index in [2.05, 4.69) is 0 Å². The maximum atomic E-state index is 10.5. The number of hydrogen-bond donors (Lipinski definition) is 3. The minimum atomic E-state index is -1.87. The molecule has 0 saturated heterocycles. The number of aryl methyl sites for hydroxylation is 1. The van der Waals surface area contributed by atoms with Crippen LogP contribution < -0.4 is 0 Å². The Hall–Kier alpha value is -1.10. The maximum Gasteiger partial charge on any atom is 0.335 e. The summed E-state index contributed by atoms with van der Waals surface area (Å²) in [5.74, 6) is -1.48. The minimum Gasteiger partial charge on any atom is -0.479 e. The van der Waals surface area contributed by atoms with Gasteiger partial charge in [0, 0.05) is 10.6 Å². The van der Waals surface area contributed by atoms with Gasteiger partial charge in [-0.1, -0.05) is 23.7 Å². The average molecular weight is 231 g/mol. The smallest absolute Gasteiger partial charge is 0.335 e. The summed E-state index contributed by atoms with van der Waals surface area (Å²) in [5.41, 5.74) is 0.879. The summed E-state index contributed by atoms with van der Waals surface area (Å²) in [4.78, 5) is 10.5. The fourth-order valence-corrected chi connectivity index (χ4v) is 1.65. The van der Waals surface area contributed by atoms with E-state index in [1.807, 2.05) is 0 Å². The van der Waals surface area contributed by atoms with Gasteiger partial charge in [0.15, 0.2) is 6.10 Å². The Bertz CT molecular complexity index is 357. The van der Waals surface area contributed by atoms with E-state index in [9.17, 15) is 15.0 Å². The molecule has 0 aliphatic carbocycles. The van der Waals surface area contributed by atoms with Gasteiger partial charge < -0.3 is 15.3 Å². The van der Waals surface area contributed by atoms with Crippen LogP contribution in [0.25, 0.3) is 0 Å². The third-order valence-electron chi connectivity index (χ3n) is 2.12. The van der Waals surface area contributed by atoms with Crippen LogP contribution in [0.1, 0.15) is 17.2 Å². The number of carbonyl (C=O) groups is 1. The second-order valence-corrected chi connectivity index (χ2v) is 3.61. The van der Waals surface area contributed by atoms with Crippen molar-refractivity contribution < 1.29 is 20.1 Å². The lowest BCUT2D eigenvalue weighted by Gasteiger charge is -2.17. The lowest BCUT2D eigenvalue weighted by molar-refractivity contribution is -0.153. The number of aliphatic hydroxyl groups excluding tert-OH is 2. The Labute approximate surface area is 91.7 Å². The SMILES string of the molecule is Cc1cccc(Cl)c1C(O)C(O)C(=O)O. The van der Waals surface area contributed by atoms with Crippen molar-refractivity contribution in [3.8, 4) is 0 Å². The van der Waals surface area contributed by atoms with Crippen molar-refractivity contribution in [2.75, 3.05) is 0 Å². The van der Waals surface area contributed by atoms with Crippen molar-refractivity contribution in [3.05, 3.63) is 34.3 Å². The Morgan fingerprint density at radius 2 is 2.00 bits per heavy atom. The van der Waals surface area contributed by atoms with E-state index in [1.165, 1.54) is 6.07 Å². The largest absolute Gasteiger partial charge is 0.479 e. The van der Waals surface area contributed by atoms with Crippen molar-refractivity contribution in [2.24, 2.45) is 0 Å². The van der Waals surface area contributed by atoms with Gasteiger partial charge in [-0.3, -0.25) is 0 Å². The highest BCUT2D eigenvalue weighted by atomic mass is 35.5. The summed E-state index contributed by atoms with van der Waals surface area (Å²) in [6.45, 7) is 1.68. The number of benzene rings is 1. The van der Waals surface area contributed by atoms with Crippen LogP contribution in [0.5, 0.6) is 0 Å². The van der Waals surface area contributed by atoms with Gasteiger partial charge in [-0.25, -0.2) is 4.79 Å². The molecule has 0 bridgehead atoms. The normalized spacial score (nSPS) is 14.7. The highest BCUT2D eigenvalue weighted by molar-refractivity contribution is 6.31. The summed E-state index contributed by atoms with van der Waals surface area (Å²) < 4.78 is 0. The molecule has 0 spiro atoms. The molecule has 5 heteroatoms. The molecule has 0 aliphatic rings. The standard InChI is InChI=1S/C10H11ClO4/c1-5-3-2-4-6(11)7(5)8(12)9(13)10(14)15/h2-4,8-9,12-13H,1H3,(H,14,15). The van der Waals surface area contributed by atoms with Crippen LogP contribution in [-0.2, 0) is 4.79 Å².